The lowest BCUT2D eigenvalue weighted by atomic mass is 9.85. The molecule has 0 radical (unpaired) electrons. The summed E-state index contributed by atoms with van der Waals surface area (Å²) in [6, 6.07) is 0.123. The summed E-state index contributed by atoms with van der Waals surface area (Å²) in [5.74, 6) is 2.39. The largest absolute Gasteiger partial charge is 0.297 e. The van der Waals surface area contributed by atoms with E-state index in [-0.39, 0.29) is 11.5 Å². The number of hydrogen-bond acceptors (Lipinski definition) is 3. The van der Waals surface area contributed by atoms with Gasteiger partial charge >= 0.3 is 0 Å². The van der Waals surface area contributed by atoms with Crippen molar-refractivity contribution >= 4 is 17.5 Å². The van der Waals surface area contributed by atoms with Gasteiger partial charge < -0.3 is 0 Å². The molecular weight excluding hydrogens is 194 g/mol. The maximum Gasteiger partial charge on any atom is 0.155 e. The Bertz CT molecular complexity index is 234. The Hall–Kier alpha value is -0.0200. The van der Waals surface area contributed by atoms with E-state index in [1.807, 2.05) is 32.5 Å². The smallest absolute Gasteiger partial charge is 0.155 e. The SMILES string of the molecule is CC(C)(C)C(=O)C1CC2CCSC2N1. The van der Waals surface area contributed by atoms with Crippen LogP contribution in [-0.4, -0.2) is 23.0 Å². The van der Waals surface area contributed by atoms with E-state index in [0.717, 1.165) is 12.3 Å². The molecule has 2 nitrogen and oxygen atoms in total. The second-order valence-corrected chi connectivity index (χ2v) is 6.66. The standard InChI is InChI=1S/C11H19NOS/c1-11(2,3)9(13)8-6-7-4-5-14-10(7)12-8/h7-8,10,12H,4-6H2,1-3H3. The predicted octanol–water partition coefficient (Wildman–Crippen LogP) is 2.04. The van der Waals surface area contributed by atoms with Crippen LogP contribution in [0.1, 0.15) is 33.6 Å². The van der Waals surface area contributed by atoms with Crippen LogP contribution in [0.3, 0.4) is 0 Å². The first-order chi connectivity index (χ1) is 6.48. The van der Waals surface area contributed by atoms with Crippen LogP contribution in [0.5, 0.6) is 0 Å². The Morgan fingerprint density at radius 2 is 2.14 bits per heavy atom. The summed E-state index contributed by atoms with van der Waals surface area (Å²) in [6.07, 6.45) is 2.35. The molecule has 2 rings (SSSR count). The van der Waals surface area contributed by atoms with E-state index in [1.54, 1.807) is 0 Å². The fourth-order valence-electron chi connectivity index (χ4n) is 2.33. The highest BCUT2D eigenvalue weighted by Gasteiger charge is 2.42. The maximum atomic E-state index is 12.0. The molecule has 2 heterocycles. The zero-order valence-corrected chi connectivity index (χ0v) is 9.99. The van der Waals surface area contributed by atoms with Gasteiger partial charge in [-0.05, 0) is 24.5 Å². The molecule has 14 heavy (non-hydrogen) atoms. The van der Waals surface area contributed by atoms with E-state index < -0.39 is 0 Å². The minimum atomic E-state index is -0.193. The lowest BCUT2D eigenvalue weighted by molar-refractivity contribution is -0.128. The van der Waals surface area contributed by atoms with Crippen LogP contribution < -0.4 is 5.32 Å². The summed E-state index contributed by atoms with van der Waals surface area (Å²) < 4.78 is 0. The molecule has 2 fully saturated rings. The monoisotopic (exact) mass is 213 g/mol. The zero-order valence-electron chi connectivity index (χ0n) is 9.17. The average molecular weight is 213 g/mol. The third kappa shape index (κ3) is 1.84. The van der Waals surface area contributed by atoms with Gasteiger partial charge in [-0.25, -0.2) is 0 Å². The van der Waals surface area contributed by atoms with Crippen molar-refractivity contribution in [1.82, 2.24) is 5.32 Å². The Morgan fingerprint density at radius 1 is 1.43 bits per heavy atom. The maximum absolute atomic E-state index is 12.0. The van der Waals surface area contributed by atoms with Crippen LogP contribution in [0.4, 0.5) is 0 Å². The van der Waals surface area contributed by atoms with Crippen molar-refractivity contribution in [2.45, 2.75) is 45.0 Å². The molecule has 0 amide bonds. The third-order valence-corrected chi connectivity index (χ3v) is 4.53. The number of Topliss-reactive ketones (excluding diaryl/α,β-unsaturated/α-hetero) is 1. The normalized spacial score (nSPS) is 37.2. The van der Waals surface area contributed by atoms with Gasteiger partial charge in [0.1, 0.15) is 0 Å². The number of carbonyl (C=O) groups is 1. The van der Waals surface area contributed by atoms with Crippen LogP contribution in [0.15, 0.2) is 0 Å². The van der Waals surface area contributed by atoms with E-state index >= 15 is 0 Å². The molecular formula is C11H19NOS. The number of thioether (sulfide) groups is 1. The molecule has 0 saturated carbocycles. The first kappa shape index (κ1) is 10.5. The summed E-state index contributed by atoms with van der Waals surface area (Å²) >= 11 is 1.98. The molecule has 0 aliphatic carbocycles. The van der Waals surface area contributed by atoms with E-state index in [4.69, 9.17) is 0 Å². The molecule has 1 N–H and O–H groups in total. The van der Waals surface area contributed by atoms with E-state index in [2.05, 4.69) is 5.32 Å². The van der Waals surface area contributed by atoms with Crippen molar-refractivity contribution in [1.29, 1.82) is 0 Å². The molecule has 2 aliphatic rings. The molecule has 3 atom stereocenters. The fourth-order valence-corrected chi connectivity index (χ4v) is 3.81. The molecule has 0 aromatic rings. The highest BCUT2D eigenvalue weighted by molar-refractivity contribution is 8.00. The van der Waals surface area contributed by atoms with E-state index in [1.165, 1.54) is 12.2 Å². The Kier molecular flexibility index (Phi) is 2.64. The molecule has 0 spiro atoms. The molecule has 2 saturated heterocycles. The van der Waals surface area contributed by atoms with Gasteiger partial charge in [0.15, 0.2) is 5.78 Å². The minimum absolute atomic E-state index is 0.123. The van der Waals surface area contributed by atoms with E-state index in [9.17, 15) is 4.79 Å². The van der Waals surface area contributed by atoms with E-state index in [0.29, 0.717) is 11.2 Å². The van der Waals surface area contributed by atoms with Gasteiger partial charge in [-0.1, -0.05) is 20.8 Å². The Labute approximate surface area is 90.2 Å². The van der Waals surface area contributed by atoms with Crippen molar-refractivity contribution in [3.63, 3.8) is 0 Å². The number of nitrogens with one attached hydrogen (secondary N) is 1. The van der Waals surface area contributed by atoms with Gasteiger partial charge in [0.2, 0.25) is 0 Å². The zero-order chi connectivity index (χ0) is 10.3. The lowest BCUT2D eigenvalue weighted by Gasteiger charge is -2.22. The fraction of sp³-hybridized carbons (Fsp3) is 0.909. The Balaban J connectivity index is 1.99. The molecule has 0 aromatic heterocycles. The van der Waals surface area contributed by atoms with Crippen molar-refractivity contribution < 1.29 is 4.79 Å². The molecule has 3 unspecified atom stereocenters. The van der Waals surface area contributed by atoms with Gasteiger partial charge in [0, 0.05) is 5.41 Å². The number of hydrogen-bond donors (Lipinski definition) is 1. The van der Waals surface area contributed by atoms with Crippen LogP contribution in [0.25, 0.3) is 0 Å². The van der Waals surface area contributed by atoms with Gasteiger partial charge in [-0.3, -0.25) is 10.1 Å². The summed E-state index contributed by atoms with van der Waals surface area (Å²) in [6.45, 7) is 6.04. The van der Waals surface area contributed by atoms with Gasteiger partial charge in [0.05, 0.1) is 11.4 Å². The Morgan fingerprint density at radius 3 is 2.71 bits per heavy atom. The number of ketones is 1. The van der Waals surface area contributed by atoms with Crippen molar-refractivity contribution in [2.75, 3.05) is 5.75 Å². The number of rotatable bonds is 1. The summed E-state index contributed by atoms with van der Waals surface area (Å²) in [7, 11) is 0. The van der Waals surface area contributed by atoms with Crippen molar-refractivity contribution in [3.8, 4) is 0 Å². The summed E-state index contributed by atoms with van der Waals surface area (Å²) in [4.78, 5) is 12.0. The molecule has 0 bridgehead atoms. The highest BCUT2D eigenvalue weighted by Crippen LogP contribution is 2.39. The molecule has 0 aromatic carbocycles. The van der Waals surface area contributed by atoms with Gasteiger partial charge in [-0.2, -0.15) is 0 Å². The van der Waals surface area contributed by atoms with Crippen molar-refractivity contribution in [3.05, 3.63) is 0 Å². The minimum Gasteiger partial charge on any atom is -0.297 e. The van der Waals surface area contributed by atoms with Crippen LogP contribution in [0.2, 0.25) is 0 Å². The highest BCUT2D eigenvalue weighted by atomic mass is 32.2. The second-order valence-electron chi connectivity index (χ2n) is 5.41. The first-order valence-electron chi connectivity index (χ1n) is 5.40. The number of carbonyl (C=O) groups excluding carboxylic acids is 1. The quantitative estimate of drug-likeness (QED) is 0.723. The number of fused-ring (bicyclic) bond motifs is 1. The van der Waals surface area contributed by atoms with Gasteiger partial charge in [-0.15, -0.1) is 11.8 Å². The topological polar surface area (TPSA) is 29.1 Å². The van der Waals surface area contributed by atoms with Crippen LogP contribution in [-0.2, 0) is 4.79 Å². The average Bonchev–Trinajstić information content (AvgIpc) is 2.58. The predicted molar refractivity (Wildman–Crippen MR) is 60.4 cm³/mol. The molecule has 2 aliphatic heterocycles. The third-order valence-electron chi connectivity index (χ3n) is 3.17. The first-order valence-corrected chi connectivity index (χ1v) is 6.45. The summed E-state index contributed by atoms with van der Waals surface area (Å²) in [5, 5.41) is 4.03. The molecule has 80 valence electrons. The van der Waals surface area contributed by atoms with Crippen LogP contribution >= 0.6 is 11.8 Å². The lowest BCUT2D eigenvalue weighted by Crippen LogP contribution is -2.40. The summed E-state index contributed by atoms with van der Waals surface area (Å²) in [5.41, 5.74) is -0.193. The second kappa shape index (κ2) is 3.53. The van der Waals surface area contributed by atoms with Crippen molar-refractivity contribution in [2.24, 2.45) is 11.3 Å². The molecule has 3 heteroatoms. The van der Waals surface area contributed by atoms with Gasteiger partial charge in [0.25, 0.3) is 0 Å². The van der Waals surface area contributed by atoms with Crippen LogP contribution in [0, 0.1) is 11.3 Å².